The first kappa shape index (κ1) is 16.8. The number of nitrogens with zero attached hydrogens (tertiary/aromatic N) is 2. The summed E-state index contributed by atoms with van der Waals surface area (Å²) < 4.78 is 42.8. The van der Waals surface area contributed by atoms with Gasteiger partial charge < -0.3 is 9.64 Å². The molecule has 0 saturated carbocycles. The molecule has 23 heavy (non-hydrogen) atoms. The Morgan fingerprint density at radius 2 is 1.87 bits per heavy atom. The molecule has 1 heterocycles. The van der Waals surface area contributed by atoms with E-state index in [9.17, 15) is 18.0 Å². The number of hydrogen-bond donors (Lipinski definition) is 0. The number of para-hydroxylation sites is 1. The number of ether oxygens (including phenoxy) is 1. The van der Waals surface area contributed by atoms with E-state index in [1.54, 1.807) is 19.2 Å². The predicted octanol–water partition coefficient (Wildman–Crippen LogP) is 3.25. The van der Waals surface area contributed by atoms with E-state index < -0.39 is 17.8 Å². The molecule has 0 aliphatic rings. The maximum atomic E-state index is 12.4. The van der Waals surface area contributed by atoms with Crippen LogP contribution in [-0.2, 0) is 6.18 Å². The van der Waals surface area contributed by atoms with E-state index >= 15 is 0 Å². The van der Waals surface area contributed by atoms with E-state index in [0.29, 0.717) is 12.3 Å². The van der Waals surface area contributed by atoms with Gasteiger partial charge in [-0.05, 0) is 24.3 Å². The molecule has 0 spiro atoms. The van der Waals surface area contributed by atoms with Crippen LogP contribution in [0.1, 0.15) is 16.1 Å². The normalized spacial score (nSPS) is 11.1. The fraction of sp³-hybridized carbons (Fsp3) is 0.250. The highest BCUT2D eigenvalue weighted by Gasteiger charge is 2.32. The number of carbonyl (C=O) groups is 1. The maximum Gasteiger partial charge on any atom is 0.433 e. The highest BCUT2D eigenvalue weighted by Crippen LogP contribution is 2.27. The van der Waals surface area contributed by atoms with Crippen LogP contribution in [0.3, 0.4) is 0 Å². The second-order valence-electron chi connectivity index (χ2n) is 4.82. The average Bonchev–Trinajstić information content (AvgIpc) is 2.54. The van der Waals surface area contributed by atoms with Crippen LogP contribution in [-0.4, -0.2) is 36.0 Å². The average molecular weight is 324 g/mol. The van der Waals surface area contributed by atoms with Gasteiger partial charge in [-0.15, -0.1) is 0 Å². The second-order valence-corrected chi connectivity index (χ2v) is 4.82. The summed E-state index contributed by atoms with van der Waals surface area (Å²) >= 11 is 0. The van der Waals surface area contributed by atoms with Gasteiger partial charge in [-0.25, -0.2) is 0 Å². The number of benzene rings is 1. The summed E-state index contributed by atoms with van der Waals surface area (Å²) in [6, 6.07) is 11.0. The van der Waals surface area contributed by atoms with Crippen LogP contribution in [0, 0.1) is 0 Å². The van der Waals surface area contributed by atoms with Crippen LogP contribution in [0.4, 0.5) is 13.2 Å². The molecule has 122 valence electrons. The maximum absolute atomic E-state index is 12.4. The number of pyridine rings is 1. The minimum absolute atomic E-state index is 0.0974. The lowest BCUT2D eigenvalue weighted by molar-refractivity contribution is -0.141. The van der Waals surface area contributed by atoms with Crippen LogP contribution in [0.25, 0.3) is 0 Å². The van der Waals surface area contributed by atoms with E-state index in [2.05, 4.69) is 4.98 Å². The molecule has 1 aromatic carbocycles. The van der Waals surface area contributed by atoms with Crippen molar-refractivity contribution in [1.29, 1.82) is 0 Å². The van der Waals surface area contributed by atoms with Gasteiger partial charge >= 0.3 is 6.18 Å². The van der Waals surface area contributed by atoms with Crippen molar-refractivity contribution in [3.05, 3.63) is 59.9 Å². The van der Waals surface area contributed by atoms with Crippen LogP contribution >= 0.6 is 0 Å². The minimum Gasteiger partial charge on any atom is -0.492 e. The summed E-state index contributed by atoms with van der Waals surface area (Å²) in [4.78, 5) is 16.7. The largest absolute Gasteiger partial charge is 0.492 e. The van der Waals surface area contributed by atoms with E-state index in [-0.39, 0.29) is 12.2 Å². The Balaban J connectivity index is 1.89. The molecule has 1 amide bonds. The van der Waals surface area contributed by atoms with Crippen molar-refractivity contribution in [2.45, 2.75) is 6.18 Å². The standard InChI is InChI=1S/C16H15F3N2O2/c1-21(9-10-23-13-5-3-2-4-6-13)15(22)12-7-8-14(20-11-12)16(17,18)19/h2-8,11H,9-10H2,1H3. The number of aromatic nitrogens is 1. The van der Waals surface area contributed by atoms with E-state index in [4.69, 9.17) is 4.74 Å². The molecule has 0 unspecified atom stereocenters. The lowest BCUT2D eigenvalue weighted by Gasteiger charge is -2.17. The van der Waals surface area contributed by atoms with Crippen molar-refractivity contribution < 1.29 is 22.7 Å². The molecule has 0 fully saturated rings. The molecule has 0 aliphatic heterocycles. The molecular formula is C16H15F3N2O2. The first-order valence-electron chi connectivity index (χ1n) is 6.84. The van der Waals surface area contributed by atoms with E-state index in [0.717, 1.165) is 18.3 Å². The summed E-state index contributed by atoms with van der Waals surface area (Å²) in [5.74, 6) is 0.271. The smallest absolute Gasteiger partial charge is 0.433 e. The van der Waals surface area contributed by atoms with Crippen molar-refractivity contribution in [2.75, 3.05) is 20.2 Å². The second kappa shape index (κ2) is 7.13. The summed E-state index contributed by atoms with van der Waals surface area (Å²) in [6.45, 7) is 0.578. The third-order valence-corrected chi connectivity index (χ3v) is 3.09. The third-order valence-electron chi connectivity index (χ3n) is 3.09. The minimum atomic E-state index is -4.52. The molecule has 0 radical (unpaired) electrons. The van der Waals surface area contributed by atoms with Crippen molar-refractivity contribution in [3.63, 3.8) is 0 Å². The number of carbonyl (C=O) groups excluding carboxylic acids is 1. The van der Waals surface area contributed by atoms with Gasteiger partial charge in [0.1, 0.15) is 18.1 Å². The van der Waals surface area contributed by atoms with Crippen molar-refractivity contribution in [1.82, 2.24) is 9.88 Å². The van der Waals surface area contributed by atoms with Crippen molar-refractivity contribution >= 4 is 5.91 Å². The zero-order valence-corrected chi connectivity index (χ0v) is 12.4. The van der Waals surface area contributed by atoms with E-state index in [1.807, 2.05) is 18.2 Å². The van der Waals surface area contributed by atoms with Crippen LogP contribution in [0.2, 0.25) is 0 Å². The molecule has 2 aromatic rings. The van der Waals surface area contributed by atoms with Crippen molar-refractivity contribution in [2.24, 2.45) is 0 Å². The zero-order chi connectivity index (χ0) is 16.9. The lowest BCUT2D eigenvalue weighted by Crippen LogP contribution is -2.31. The molecule has 4 nitrogen and oxygen atoms in total. The summed E-state index contributed by atoms with van der Waals surface area (Å²) in [6.07, 6.45) is -3.59. The Morgan fingerprint density at radius 3 is 2.43 bits per heavy atom. The monoisotopic (exact) mass is 324 g/mol. The Labute approximate surface area is 131 Å². The molecule has 0 atom stereocenters. The Hall–Kier alpha value is -2.57. The summed E-state index contributed by atoms with van der Waals surface area (Å²) in [5.41, 5.74) is -0.927. The van der Waals surface area contributed by atoms with Gasteiger partial charge in [0.05, 0.1) is 12.1 Å². The number of hydrogen-bond acceptors (Lipinski definition) is 3. The SMILES string of the molecule is CN(CCOc1ccccc1)C(=O)c1ccc(C(F)(F)F)nc1. The first-order valence-corrected chi connectivity index (χ1v) is 6.84. The molecule has 0 N–H and O–H groups in total. The van der Waals surface area contributed by atoms with Gasteiger partial charge in [0.2, 0.25) is 0 Å². The molecule has 1 aromatic heterocycles. The Kier molecular flexibility index (Phi) is 5.20. The fourth-order valence-corrected chi connectivity index (χ4v) is 1.83. The fourth-order valence-electron chi connectivity index (χ4n) is 1.83. The topological polar surface area (TPSA) is 42.4 Å². The van der Waals surface area contributed by atoms with Gasteiger partial charge in [0.15, 0.2) is 0 Å². The molecule has 7 heteroatoms. The van der Waals surface area contributed by atoms with Crippen LogP contribution in [0.5, 0.6) is 5.75 Å². The third kappa shape index (κ3) is 4.70. The molecule has 0 saturated heterocycles. The molecule has 0 bridgehead atoms. The summed E-state index contributed by atoms with van der Waals surface area (Å²) in [7, 11) is 1.55. The quantitative estimate of drug-likeness (QED) is 0.848. The zero-order valence-electron chi connectivity index (χ0n) is 12.4. The molecule has 2 rings (SSSR count). The molecule has 0 aliphatic carbocycles. The summed E-state index contributed by atoms with van der Waals surface area (Å²) in [5, 5.41) is 0. The van der Waals surface area contributed by atoms with Crippen molar-refractivity contribution in [3.8, 4) is 5.75 Å². The molecular weight excluding hydrogens is 309 g/mol. The highest BCUT2D eigenvalue weighted by atomic mass is 19.4. The van der Waals surface area contributed by atoms with E-state index in [1.165, 1.54) is 4.90 Å². The van der Waals surface area contributed by atoms with Gasteiger partial charge in [-0.2, -0.15) is 13.2 Å². The Bertz CT molecular complexity index is 643. The number of alkyl halides is 3. The lowest BCUT2D eigenvalue weighted by atomic mass is 10.2. The van der Waals surface area contributed by atoms with Gasteiger partial charge in [-0.3, -0.25) is 9.78 Å². The van der Waals surface area contributed by atoms with Crippen LogP contribution in [0.15, 0.2) is 48.7 Å². The first-order chi connectivity index (χ1) is 10.9. The van der Waals surface area contributed by atoms with Gasteiger partial charge in [0, 0.05) is 13.2 Å². The van der Waals surface area contributed by atoms with Crippen LogP contribution < -0.4 is 4.74 Å². The number of amides is 1. The predicted molar refractivity (Wildman–Crippen MR) is 78.1 cm³/mol. The van der Waals surface area contributed by atoms with Gasteiger partial charge in [0.25, 0.3) is 5.91 Å². The number of halogens is 3. The highest BCUT2D eigenvalue weighted by molar-refractivity contribution is 5.93. The van der Waals surface area contributed by atoms with Gasteiger partial charge in [-0.1, -0.05) is 18.2 Å². The Morgan fingerprint density at radius 1 is 1.17 bits per heavy atom. The number of likely N-dealkylation sites (N-methyl/N-ethyl adjacent to an activating group) is 1. The number of rotatable bonds is 5.